The van der Waals surface area contributed by atoms with Crippen LogP contribution in [-0.4, -0.2) is 38.0 Å². The summed E-state index contributed by atoms with van der Waals surface area (Å²) in [4.78, 5) is 12.3. The molecule has 0 aromatic heterocycles. The van der Waals surface area contributed by atoms with Gasteiger partial charge in [0.05, 0.1) is 23.7 Å². The summed E-state index contributed by atoms with van der Waals surface area (Å²) in [7, 11) is -3.04. The average molecular weight is 339 g/mol. The average Bonchev–Trinajstić information content (AvgIpc) is 2.72. The highest BCUT2D eigenvalue weighted by Crippen LogP contribution is 2.23. The lowest BCUT2D eigenvalue weighted by molar-refractivity contribution is 0.0915. The summed E-state index contributed by atoms with van der Waals surface area (Å²) in [6.45, 7) is 6.71. The van der Waals surface area contributed by atoms with Gasteiger partial charge in [-0.1, -0.05) is 13.8 Å². The Labute approximate surface area is 138 Å². The van der Waals surface area contributed by atoms with Crippen LogP contribution in [0.25, 0.3) is 0 Å². The minimum atomic E-state index is -3.04. The van der Waals surface area contributed by atoms with Gasteiger partial charge in [0.15, 0.2) is 9.84 Å². The SMILES string of the molecule is CC(C)CCOc1ccc(C(=O)NC2(C)CCS(=O)(=O)C2)cc1. The maximum atomic E-state index is 12.3. The standard InChI is InChI=1S/C17H25NO4S/c1-13(2)8-10-22-15-6-4-14(5-7-15)16(19)18-17(3)9-11-23(20,21)12-17/h4-7,13H,8-12H2,1-3H3,(H,18,19). The number of rotatable bonds is 6. The van der Waals surface area contributed by atoms with Gasteiger partial charge in [-0.15, -0.1) is 0 Å². The van der Waals surface area contributed by atoms with Crippen LogP contribution in [0, 0.1) is 5.92 Å². The molecule has 0 radical (unpaired) electrons. The molecule has 1 N–H and O–H groups in total. The first kappa shape index (κ1) is 17.8. The summed E-state index contributed by atoms with van der Waals surface area (Å²) in [5.74, 6) is 1.20. The largest absolute Gasteiger partial charge is 0.494 e. The predicted octanol–water partition coefficient (Wildman–Crippen LogP) is 2.42. The first-order chi connectivity index (χ1) is 10.7. The summed E-state index contributed by atoms with van der Waals surface area (Å²) in [6, 6.07) is 6.94. The molecule has 1 aliphatic rings. The van der Waals surface area contributed by atoms with Gasteiger partial charge in [0.1, 0.15) is 5.75 Å². The van der Waals surface area contributed by atoms with Crippen molar-refractivity contribution in [3.05, 3.63) is 29.8 Å². The zero-order chi connectivity index (χ0) is 17.1. The molecule has 128 valence electrons. The van der Waals surface area contributed by atoms with Gasteiger partial charge in [0.25, 0.3) is 5.91 Å². The highest BCUT2D eigenvalue weighted by molar-refractivity contribution is 7.91. The van der Waals surface area contributed by atoms with E-state index >= 15 is 0 Å². The Morgan fingerprint density at radius 1 is 1.30 bits per heavy atom. The van der Waals surface area contributed by atoms with Crippen molar-refractivity contribution in [1.82, 2.24) is 5.32 Å². The third kappa shape index (κ3) is 5.23. The Kier molecular flexibility index (Phi) is 5.34. The van der Waals surface area contributed by atoms with Gasteiger partial charge < -0.3 is 10.1 Å². The van der Waals surface area contributed by atoms with Crippen LogP contribution in [0.2, 0.25) is 0 Å². The van der Waals surface area contributed by atoms with Crippen molar-refractivity contribution in [3.8, 4) is 5.75 Å². The first-order valence-corrected chi connectivity index (χ1v) is 9.77. The van der Waals surface area contributed by atoms with Crippen LogP contribution in [-0.2, 0) is 9.84 Å². The minimum absolute atomic E-state index is 0.00212. The number of carbonyl (C=O) groups excluding carboxylic acids is 1. The fourth-order valence-corrected chi connectivity index (χ4v) is 4.66. The van der Waals surface area contributed by atoms with E-state index in [9.17, 15) is 13.2 Å². The minimum Gasteiger partial charge on any atom is -0.494 e. The van der Waals surface area contributed by atoms with Crippen molar-refractivity contribution in [3.63, 3.8) is 0 Å². The molecule has 1 amide bonds. The van der Waals surface area contributed by atoms with Crippen LogP contribution in [0.15, 0.2) is 24.3 Å². The van der Waals surface area contributed by atoms with Gasteiger partial charge in [-0.3, -0.25) is 4.79 Å². The fourth-order valence-electron chi connectivity index (χ4n) is 2.57. The van der Waals surface area contributed by atoms with Crippen molar-refractivity contribution in [2.24, 2.45) is 5.92 Å². The second-order valence-electron chi connectivity index (χ2n) is 6.91. The smallest absolute Gasteiger partial charge is 0.251 e. The zero-order valence-electron chi connectivity index (χ0n) is 14.0. The van der Waals surface area contributed by atoms with Crippen LogP contribution in [0.1, 0.15) is 44.0 Å². The van der Waals surface area contributed by atoms with Crippen LogP contribution in [0.5, 0.6) is 5.75 Å². The topological polar surface area (TPSA) is 72.5 Å². The number of hydrogen-bond acceptors (Lipinski definition) is 4. The molecule has 1 saturated heterocycles. The molecule has 23 heavy (non-hydrogen) atoms. The van der Waals surface area contributed by atoms with Crippen LogP contribution in [0.4, 0.5) is 0 Å². The lowest BCUT2D eigenvalue weighted by atomic mass is 10.0. The van der Waals surface area contributed by atoms with E-state index in [1.165, 1.54) is 0 Å². The maximum Gasteiger partial charge on any atom is 0.251 e. The van der Waals surface area contributed by atoms with Gasteiger partial charge in [-0.2, -0.15) is 0 Å². The van der Waals surface area contributed by atoms with E-state index in [-0.39, 0.29) is 17.4 Å². The highest BCUT2D eigenvalue weighted by atomic mass is 32.2. The fraction of sp³-hybridized carbons (Fsp3) is 0.588. The quantitative estimate of drug-likeness (QED) is 0.864. The summed E-state index contributed by atoms with van der Waals surface area (Å²) < 4.78 is 28.8. The second-order valence-corrected chi connectivity index (χ2v) is 9.10. The number of sulfone groups is 1. The molecule has 6 heteroatoms. The second kappa shape index (κ2) is 6.91. The molecule has 1 heterocycles. The van der Waals surface area contributed by atoms with E-state index in [1.54, 1.807) is 31.2 Å². The van der Waals surface area contributed by atoms with Crippen molar-refractivity contribution in [2.45, 2.75) is 39.2 Å². The molecule has 0 aliphatic carbocycles. The molecular weight excluding hydrogens is 314 g/mol. The molecule has 1 unspecified atom stereocenters. The Balaban J connectivity index is 1.93. The molecule has 0 spiro atoms. The molecule has 1 aliphatic heterocycles. The van der Waals surface area contributed by atoms with E-state index in [1.807, 2.05) is 0 Å². The number of hydrogen-bond donors (Lipinski definition) is 1. The number of carbonyl (C=O) groups is 1. The van der Waals surface area contributed by atoms with Crippen molar-refractivity contribution in [1.29, 1.82) is 0 Å². The third-order valence-corrected chi connectivity index (χ3v) is 5.90. The molecule has 1 aromatic carbocycles. The van der Waals surface area contributed by atoms with E-state index in [2.05, 4.69) is 19.2 Å². The number of benzene rings is 1. The highest BCUT2D eigenvalue weighted by Gasteiger charge is 2.39. The molecule has 0 saturated carbocycles. The summed E-state index contributed by atoms with van der Waals surface area (Å²) in [5.41, 5.74) is -0.172. The molecule has 1 fully saturated rings. The Bertz CT molecular complexity index is 652. The number of amides is 1. The molecule has 1 atom stereocenters. The normalized spacial score (nSPS) is 23.0. The van der Waals surface area contributed by atoms with Gasteiger partial charge in [-0.25, -0.2) is 8.42 Å². The van der Waals surface area contributed by atoms with E-state index in [4.69, 9.17) is 4.74 Å². The van der Waals surface area contributed by atoms with E-state index in [0.717, 1.165) is 12.2 Å². The molecule has 1 aromatic rings. The Morgan fingerprint density at radius 3 is 2.48 bits per heavy atom. The monoisotopic (exact) mass is 339 g/mol. The first-order valence-electron chi connectivity index (χ1n) is 7.95. The van der Waals surface area contributed by atoms with Gasteiger partial charge in [-0.05, 0) is 49.9 Å². The summed E-state index contributed by atoms with van der Waals surface area (Å²) in [6.07, 6.45) is 1.44. The van der Waals surface area contributed by atoms with Crippen molar-refractivity contribution < 1.29 is 17.9 Å². The van der Waals surface area contributed by atoms with Gasteiger partial charge in [0, 0.05) is 5.56 Å². The molecular formula is C17H25NO4S. The summed E-state index contributed by atoms with van der Waals surface area (Å²) >= 11 is 0. The Morgan fingerprint density at radius 2 is 1.96 bits per heavy atom. The van der Waals surface area contributed by atoms with Crippen LogP contribution >= 0.6 is 0 Å². The Hall–Kier alpha value is -1.56. The molecule has 0 bridgehead atoms. The zero-order valence-corrected chi connectivity index (χ0v) is 14.8. The lowest BCUT2D eigenvalue weighted by Crippen LogP contribution is -2.46. The third-order valence-electron chi connectivity index (χ3n) is 4.00. The van der Waals surface area contributed by atoms with Gasteiger partial charge in [0.2, 0.25) is 0 Å². The number of nitrogens with one attached hydrogen (secondary N) is 1. The van der Waals surface area contributed by atoms with E-state index < -0.39 is 15.4 Å². The van der Waals surface area contributed by atoms with E-state index in [0.29, 0.717) is 24.5 Å². The van der Waals surface area contributed by atoms with Crippen molar-refractivity contribution >= 4 is 15.7 Å². The predicted molar refractivity (Wildman–Crippen MR) is 90.5 cm³/mol. The van der Waals surface area contributed by atoms with Crippen LogP contribution in [0.3, 0.4) is 0 Å². The maximum absolute atomic E-state index is 12.3. The van der Waals surface area contributed by atoms with Crippen LogP contribution < -0.4 is 10.1 Å². The lowest BCUT2D eigenvalue weighted by Gasteiger charge is -2.23. The summed E-state index contributed by atoms with van der Waals surface area (Å²) in [5, 5.41) is 2.85. The number of ether oxygens (including phenoxy) is 1. The van der Waals surface area contributed by atoms with Gasteiger partial charge >= 0.3 is 0 Å². The van der Waals surface area contributed by atoms with Crippen molar-refractivity contribution in [2.75, 3.05) is 18.1 Å². The molecule has 2 rings (SSSR count). The molecule has 5 nitrogen and oxygen atoms in total.